The third-order valence-corrected chi connectivity index (χ3v) is 0. The number of rotatable bonds is 0. The fourth-order valence-electron chi connectivity index (χ4n) is 0. The van der Waals surface area contributed by atoms with Gasteiger partial charge in [-0.05, 0) is 0 Å². The third kappa shape index (κ3) is 680000. The van der Waals surface area contributed by atoms with Gasteiger partial charge in [-0.2, -0.15) is 0 Å². The van der Waals surface area contributed by atoms with Gasteiger partial charge in [0.05, 0.1) is 0 Å². The van der Waals surface area contributed by atoms with Crippen molar-refractivity contribution in [3.8, 4) is 0 Å². The molecule has 0 radical (unpaired) electrons. The first kappa shape index (κ1) is 50.8. The van der Waals surface area contributed by atoms with E-state index in [4.69, 9.17) is 19.5 Å². The first-order valence-corrected chi connectivity index (χ1v) is 0.943. The SMILES string of the molecule is O.O.O.O=B[O-].O=B[O-].[Mg+2]. The summed E-state index contributed by atoms with van der Waals surface area (Å²) in [6.45, 7) is 0. The maximum absolute atomic E-state index is 8.25. The molecule has 0 bridgehead atoms. The topological polar surface area (TPSA) is 175 Å². The van der Waals surface area contributed by atoms with Crippen LogP contribution in [0, 0.1) is 0 Å². The van der Waals surface area contributed by atoms with E-state index < -0.39 is 14.7 Å². The van der Waals surface area contributed by atoms with E-state index in [2.05, 4.69) is 0 Å². The van der Waals surface area contributed by atoms with E-state index >= 15 is 0 Å². The van der Waals surface area contributed by atoms with E-state index in [1.807, 2.05) is 0 Å². The van der Waals surface area contributed by atoms with Crippen LogP contribution in [0.1, 0.15) is 0 Å². The molecular weight excluding hydrogens is 158 g/mol. The zero-order chi connectivity index (χ0) is 5.41. The molecule has 0 aliphatic rings. The minimum Gasteiger partial charge on any atom is 2.00 e. The minimum absolute atomic E-state index is 0. The van der Waals surface area contributed by atoms with Crippen LogP contribution in [-0.2, 0) is 9.41 Å². The van der Waals surface area contributed by atoms with E-state index in [0.29, 0.717) is 0 Å². The van der Waals surface area contributed by atoms with Gasteiger partial charge in [-0.1, -0.05) is 0 Å². The van der Waals surface area contributed by atoms with Crippen molar-refractivity contribution < 1.29 is 35.9 Å². The van der Waals surface area contributed by atoms with Crippen LogP contribution in [0.4, 0.5) is 0 Å². The third-order valence-electron chi connectivity index (χ3n) is 0. The van der Waals surface area contributed by atoms with Crippen LogP contribution in [0.25, 0.3) is 0 Å². The molecule has 0 saturated heterocycles. The van der Waals surface area contributed by atoms with Crippen molar-refractivity contribution >= 4 is 37.8 Å². The monoisotopic (exact) mass is 164 g/mol. The summed E-state index contributed by atoms with van der Waals surface area (Å²) in [4.78, 5) is 0. The van der Waals surface area contributed by atoms with Crippen LogP contribution < -0.4 is 10.0 Å². The molecule has 10 heteroatoms. The first-order valence-electron chi connectivity index (χ1n) is 0.943. The maximum Gasteiger partial charge on any atom is 2.00 e. The maximum atomic E-state index is 8.25. The van der Waals surface area contributed by atoms with Gasteiger partial charge >= 0.3 is 57.2 Å². The van der Waals surface area contributed by atoms with Crippen molar-refractivity contribution in [1.82, 2.24) is 0 Å². The summed E-state index contributed by atoms with van der Waals surface area (Å²) in [5, 5.41) is 16.5. The molecule has 0 aromatic carbocycles. The largest absolute Gasteiger partial charge is 2.00 e. The van der Waals surface area contributed by atoms with Gasteiger partial charge in [0, 0.05) is 0 Å². The van der Waals surface area contributed by atoms with Crippen molar-refractivity contribution in [2.45, 2.75) is 0 Å². The summed E-state index contributed by atoms with van der Waals surface area (Å²) < 4.78 is 16.5. The van der Waals surface area contributed by atoms with Crippen LogP contribution in [0.15, 0.2) is 0 Å². The van der Waals surface area contributed by atoms with Gasteiger partial charge in [-0.25, -0.2) is 0 Å². The molecule has 0 rings (SSSR count). The summed E-state index contributed by atoms with van der Waals surface area (Å²) in [5.74, 6) is 0. The van der Waals surface area contributed by atoms with Crippen LogP contribution in [0.3, 0.4) is 0 Å². The Kier molecular flexibility index (Phi) is 743. The Bertz CT molecular complexity index is 32.6. The van der Waals surface area contributed by atoms with Crippen LogP contribution >= 0.6 is 0 Å². The Morgan fingerprint density at radius 2 is 0.800 bits per heavy atom. The predicted octanol–water partition coefficient (Wildman–Crippen LogP) is -6.23. The molecule has 0 aromatic rings. The Balaban J connectivity index is -0.00000000571. The van der Waals surface area contributed by atoms with Crippen molar-refractivity contribution in [2.75, 3.05) is 0 Å². The number of hydrogen-bond donors (Lipinski definition) is 0. The van der Waals surface area contributed by atoms with Crippen molar-refractivity contribution in [2.24, 2.45) is 0 Å². The van der Waals surface area contributed by atoms with Crippen LogP contribution in [0.5, 0.6) is 0 Å². The normalized spacial score (nSPS) is 1.60. The molecule has 6 N–H and O–H groups in total. The summed E-state index contributed by atoms with van der Waals surface area (Å²) in [6.07, 6.45) is 0. The summed E-state index contributed by atoms with van der Waals surface area (Å²) in [5.41, 5.74) is 0. The van der Waals surface area contributed by atoms with Gasteiger partial charge in [0.1, 0.15) is 0 Å². The molecule has 56 valence electrons. The van der Waals surface area contributed by atoms with Crippen molar-refractivity contribution in [3.63, 3.8) is 0 Å². The van der Waals surface area contributed by atoms with E-state index in [0.717, 1.165) is 0 Å². The molecule has 10 heavy (non-hydrogen) atoms. The molecule has 0 heterocycles. The molecule has 0 atom stereocenters. The second kappa shape index (κ2) is 146. The second-order valence-corrected chi connectivity index (χ2v) is 0.192. The second-order valence-electron chi connectivity index (χ2n) is 0.192. The standard InChI is InChI=1S/2BO2.Mg.3H2O/c2*2-1-3;;;;/h;;;3*1H2/q2*-1;+2;;;. The molecule has 0 saturated carbocycles. The van der Waals surface area contributed by atoms with Crippen LogP contribution in [-0.4, -0.2) is 54.2 Å². The smallest absolute Gasteiger partial charge is 2.00 e. The van der Waals surface area contributed by atoms with Gasteiger partial charge < -0.3 is 16.4 Å². The molecule has 0 aromatic heterocycles. The Morgan fingerprint density at radius 3 is 0.800 bits per heavy atom. The van der Waals surface area contributed by atoms with Gasteiger partial charge in [-0.15, -0.1) is 0 Å². The molecule has 7 nitrogen and oxygen atoms in total. The van der Waals surface area contributed by atoms with Crippen molar-refractivity contribution in [3.05, 3.63) is 0 Å². The molecular formula is H6B2MgO7. The minimum atomic E-state index is -0.500. The zero-order valence-electron chi connectivity index (χ0n) is 4.99. The van der Waals surface area contributed by atoms with Crippen LogP contribution in [0.2, 0.25) is 0 Å². The molecule has 0 aliphatic carbocycles. The van der Waals surface area contributed by atoms with Gasteiger partial charge in [-0.3, -0.25) is 0 Å². The Hall–Kier alpha value is -0.0239. The Labute approximate surface area is 74.1 Å². The van der Waals surface area contributed by atoms with Gasteiger partial charge in [0.2, 0.25) is 0 Å². The fourth-order valence-corrected chi connectivity index (χ4v) is 0. The predicted molar refractivity (Wildman–Crippen MR) is 29.5 cm³/mol. The number of hydrogen-bond acceptors (Lipinski definition) is 4. The van der Waals surface area contributed by atoms with Gasteiger partial charge in [0.25, 0.3) is 0 Å². The van der Waals surface area contributed by atoms with Crippen molar-refractivity contribution in [1.29, 1.82) is 0 Å². The average molecular weight is 164 g/mol. The Morgan fingerprint density at radius 1 is 0.800 bits per heavy atom. The quantitative estimate of drug-likeness (QED) is 0.323. The average Bonchev–Trinajstić information content (AvgIpc) is 1.39. The molecule has 0 aliphatic heterocycles. The zero-order valence-corrected chi connectivity index (χ0v) is 6.41. The first-order chi connectivity index (χ1) is 2.83. The van der Waals surface area contributed by atoms with Gasteiger partial charge in [0.15, 0.2) is 0 Å². The van der Waals surface area contributed by atoms with E-state index in [1.54, 1.807) is 0 Å². The summed E-state index contributed by atoms with van der Waals surface area (Å²) in [6, 6.07) is 0. The molecule has 0 fully saturated rings. The fraction of sp³-hybridized carbons (Fsp3) is 0. The molecule has 0 unspecified atom stereocenters. The molecule has 0 amide bonds. The van der Waals surface area contributed by atoms with E-state index in [-0.39, 0.29) is 39.5 Å². The van der Waals surface area contributed by atoms with E-state index in [9.17, 15) is 0 Å². The summed E-state index contributed by atoms with van der Waals surface area (Å²) in [7, 11) is -1.00. The van der Waals surface area contributed by atoms with E-state index in [1.165, 1.54) is 0 Å². The summed E-state index contributed by atoms with van der Waals surface area (Å²) >= 11 is 0. The molecule has 0 spiro atoms.